The van der Waals surface area contributed by atoms with Crippen molar-refractivity contribution in [2.24, 2.45) is 4.99 Å². The summed E-state index contributed by atoms with van der Waals surface area (Å²) in [6.45, 7) is 3.75. The molecule has 1 aromatic heterocycles. The Hall–Kier alpha value is -2.48. The molecule has 0 saturated carbocycles. The molecule has 0 bridgehead atoms. The molecule has 1 unspecified atom stereocenters. The molecule has 2 heterocycles. The third kappa shape index (κ3) is 4.31. The number of esters is 1. The van der Waals surface area contributed by atoms with Gasteiger partial charge in [0.05, 0.1) is 28.5 Å². The number of carbonyl (C=O) groups excluding carboxylic acids is 1. The number of hydrogen-bond acceptors (Lipinski definition) is 5. The molecule has 0 amide bonds. The molecule has 0 spiro atoms. The number of carbonyl (C=O) groups is 1. The summed E-state index contributed by atoms with van der Waals surface area (Å²) in [5, 5.41) is 0.574. The Morgan fingerprint density at radius 3 is 2.55 bits per heavy atom. The molecular weight excluding hydrogens is 500 g/mol. The molecule has 0 fully saturated rings. The molecule has 0 radical (unpaired) electrons. The van der Waals surface area contributed by atoms with Crippen LogP contribution in [0.25, 0.3) is 6.08 Å². The van der Waals surface area contributed by atoms with Crippen LogP contribution in [0.4, 0.5) is 0 Å². The molecule has 31 heavy (non-hydrogen) atoms. The van der Waals surface area contributed by atoms with Crippen LogP contribution in [0.2, 0.25) is 5.02 Å². The third-order valence-corrected chi connectivity index (χ3v) is 6.63. The lowest BCUT2D eigenvalue weighted by atomic mass is 9.96. The van der Waals surface area contributed by atoms with Gasteiger partial charge in [-0.25, -0.2) is 9.79 Å². The van der Waals surface area contributed by atoms with Crippen LogP contribution in [0, 0.1) is 0 Å². The fourth-order valence-electron chi connectivity index (χ4n) is 3.46. The lowest BCUT2D eigenvalue weighted by Gasteiger charge is -2.24. The summed E-state index contributed by atoms with van der Waals surface area (Å²) in [6.07, 6.45) is 1.83. The summed E-state index contributed by atoms with van der Waals surface area (Å²) in [6, 6.07) is 14.2. The van der Waals surface area contributed by atoms with Gasteiger partial charge in [-0.2, -0.15) is 0 Å². The summed E-state index contributed by atoms with van der Waals surface area (Å²) in [5.41, 5.74) is 2.35. The number of ether oxygens (including phenoxy) is 1. The first kappa shape index (κ1) is 21.7. The van der Waals surface area contributed by atoms with Crippen molar-refractivity contribution in [1.82, 2.24) is 4.57 Å². The van der Waals surface area contributed by atoms with E-state index in [1.165, 1.54) is 11.3 Å². The quantitative estimate of drug-likeness (QED) is 0.487. The van der Waals surface area contributed by atoms with E-state index in [4.69, 9.17) is 16.3 Å². The first-order valence-electron chi connectivity index (χ1n) is 9.59. The van der Waals surface area contributed by atoms with Gasteiger partial charge in [0.1, 0.15) is 0 Å². The Labute approximate surface area is 196 Å². The van der Waals surface area contributed by atoms with Crippen LogP contribution < -0.4 is 14.9 Å². The zero-order valence-electron chi connectivity index (χ0n) is 16.8. The SMILES string of the molecule is CCOC(=O)C1=C(C)N=c2s/c(=C/c3ccc(Br)cc3)c(=O)n2C1c1ccc(Cl)cc1. The van der Waals surface area contributed by atoms with Gasteiger partial charge in [0.2, 0.25) is 0 Å². The lowest BCUT2D eigenvalue weighted by molar-refractivity contribution is -0.139. The summed E-state index contributed by atoms with van der Waals surface area (Å²) < 4.78 is 8.36. The maximum absolute atomic E-state index is 13.4. The average molecular weight is 518 g/mol. The minimum Gasteiger partial charge on any atom is -0.463 e. The number of allylic oxidation sites excluding steroid dienone is 1. The van der Waals surface area contributed by atoms with Crippen molar-refractivity contribution in [2.75, 3.05) is 6.61 Å². The van der Waals surface area contributed by atoms with Crippen molar-refractivity contribution in [3.63, 3.8) is 0 Å². The summed E-state index contributed by atoms with van der Waals surface area (Å²) in [7, 11) is 0. The van der Waals surface area contributed by atoms with Crippen LogP contribution in [-0.4, -0.2) is 17.1 Å². The van der Waals surface area contributed by atoms with Crippen molar-refractivity contribution in [1.29, 1.82) is 0 Å². The first-order chi connectivity index (χ1) is 14.9. The smallest absolute Gasteiger partial charge is 0.338 e. The minimum atomic E-state index is -0.639. The Bertz CT molecular complexity index is 1360. The van der Waals surface area contributed by atoms with Crippen LogP contribution in [0.1, 0.15) is 31.0 Å². The maximum atomic E-state index is 13.4. The van der Waals surface area contributed by atoms with Gasteiger partial charge in [-0.05, 0) is 55.3 Å². The van der Waals surface area contributed by atoms with Gasteiger partial charge < -0.3 is 4.74 Å². The van der Waals surface area contributed by atoms with E-state index in [0.29, 0.717) is 25.6 Å². The molecule has 0 aliphatic carbocycles. The van der Waals surface area contributed by atoms with Crippen LogP contribution in [0.3, 0.4) is 0 Å². The second-order valence-corrected chi connectivity index (χ2v) is 9.27. The van der Waals surface area contributed by atoms with Crippen LogP contribution in [-0.2, 0) is 9.53 Å². The molecule has 3 aromatic rings. The second-order valence-electron chi connectivity index (χ2n) is 6.91. The highest BCUT2D eigenvalue weighted by molar-refractivity contribution is 9.10. The number of nitrogens with zero attached hydrogens (tertiary/aromatic N) is 2. The standard InChI is InChI=1S/C23H18BrClN2O3S/c1-3-30-22(29)19-13(2)26-23-27(20(19)15-6-10-17(25)11-7-15)21(28)18(31-23)12-14-4-8-16(24)9-5-14/h4-12,20H,3H2,1-2H3/b18-12+. The highest BCUT2D eigenvalue weighted by Gasteiger charge is 2.33. The Morgan fingerprint density at radius 2 is 1.90 bits per heavy atom. The number of rotatable bonds is 4. The van der Waals surface area contributed by atoms with Gasteiger partial charge in [-0.15, -0.1) is 0 Å². The fourth-order valence-corrected chi connectivity index (χ4v) is 4.90. The predicted molar refractivity (Wildman–Crippen MR) is 126 cm³/mol. The number of hydrogen-bond donors (Lipinski definition) is 0. The van der Waals surface area contributed by atoms with Crippen LogP contribution in [0.5, 0.6) is 0 Å². The topological polar surface area (TPSA) is 60.7 Å². The molecular formula is C23H18BrClN2O3S. The molecule has 1 aliphatic heterocycles. The fraction of sp³-hybridized carbons (Fsp3) is 0.174. The highest BCUT2D eigenvalue weighted by atomic mass is 79.9. The predicted octanol–water partition coefficient (Wildman–Crippen LogP) is 4.21. The average Bonchev–Trinajstić information content (AvgIpc) is 3.04. The van der Waals surface area contributed by atoms with Gasteiger partial charge >= 0.3 is 5.97 Å². The van der Waals surface area contributed by atoms with Crippen LogP contribution in [0.15, 0.2) is 74.1 Å². The van der Waals surface area contributed by atoms with E-state index in [-0.39, 0.29) is 12.2 Å². The monoisotopic (exact) mass is 516 g/mol. The van der Waals surface area contributed by atoms with Gasteiger partial charge in [0.25, 0.3) is 5.56 Å². The maximum Gasteiger partial charge on any atom is 0.338 e. The van der Waals surface area contributed by atoms with E-state index in [9.17, 15) is 9.59 Å². The zero-order valence-corrected chi connectivity index (χ0v) is 19.9. The van der Waals surface area contributed by atoms with Gasteiger partial charge in [0.15, 0.2) is 4.80 Å². The molecule has 5 nitrogen and oxygen atoms in total. The number of fused-ring (bicyclic) bond motifs is 1. The molecule has 1 atom stereocenters. The molecule has 0 saturated heterocycles. The highest BCUT2D eigenvalue weighted by Crippen LogP contribution is 2.31. The molecule has 8 heteroatoms. The van der Waals surface area contributed by atoms with E-state index >= 15 is 0 Å². The number of thiazole rings is 1. The largest absolute Gasteiger partial charge is 0.463 e. The Kier molecular flexibility index (Phi) is 6.27. The van der Waals surface area contributed by atoms with E-state index in [1.807, 2.05) is 42.5 Å². The number of aromatic nitrogens is 1. The molecule has 158 valence electrons. The van der Waals surface area contributed by atoms with E-state index in [2.05, 4.69) is 20.9 Å². The molecule has 1 aliphatic rings. The Morgan fingerprint density at radius 1 is 1.23 bits per heavy atom. The van der Waals surface area contributed by atoms with E-state index in [0.717, 1.165) is 15.6 Å². The van der Waals surface area contributed by atoms with Crippen molar-refractivity contribution >= 4 is 50.9 Å². The van der Waals surface area contributed by atoms with Gasteiger partial charge in [-0.1, -0.05) is 63.1 Å². The van der Waals surface area contributed by atoms with Gasteiger partial charge in [0, 0.05) is 9.50 Å². The van der Waals surface area contributed by atoms with Gasteiger partial charge in [-0.3, -0.25) is 9.36 Å². The molecule has 0 N–H and O–H groups in total. The zero-order chi connectivity index (χ0) is 22.1. The number of benzene rings is 2. The van der Waals surface area contributed by atoms with Crippen molar-refractivity contribution in [3.8, 4) is 0 Å². The summed E-state index contributed by atoms with van der Waals surface area (Å²) >= 11 is 10.8. The van der Waals surface area contributed by atoms with E-state index < -0.39 is 12.0 Å². The summed E-state index contributed by atoms with van der Waals surface area (Å²) in [5.74, 6) is -0.481. The van der Waals surface area contributed by atoms with Crippen molar-refractivity contribution in [2.45, 2.75) is 19.9 Å². The van der Waals surface area contributed by atoms with Crippen molar-refractivity contribution < 1.29 is 9.53 Å². The Balaban J connectivity index is 1.94. The van der Waals surface area contributed by atoms with Crippen LogP contribution >= 0.6 is 38.9 Å². The normalized spacial score (nSPS) is 16.1. The first-order valence-corrected chi connectivity index (χ1v) is 11.6. The lowest BCUT2D eigenvalue weighted by Crippen LogP contribution is -2.39. The second kappa shape index (κ2) is 8.94. The van der Waals surface area contributed by atoms with E-state index in [1.54, 1.807) is 30.5 Å². The van der Waals surface area contributed by atoms with Crippen molar-refractivity contribution in [3.05, 3.63) is 100 Å². The third-order valence-electron chi connectivity index (χ3n) is 4.87. The summed E-state index contributed by atoms with van der Waals surface area (Å²) in [4.78, 5) is 31.4. The number of halogens is 2. The molecule has 2 aromatic carbocycles. The molecule has 4 rings (SSSR count). The minimum absolute atomic E-state index is 0.207.